The molecular formula is C15H22N4O3. The molecule has 0 spiro atoms. The molecule has 120 valence electrons. The van der Waals surface area contributed by atoms with Crippen molar-refractivity contribution in [2.45, 2.75) is 52.2 Å². The second kappa shape index (κ2) is 5.39. The Labute approximate surface area is 128 Å². The summed E-state index contributed by atoms with van der Waals surface area (Å²) < 4.78 is 0. The lowest BCUT2D eigenvalue weighted by atomic mass is 9.82. The van der Waals surface area contributed by atoms with Crippen molar-refractivity contribution in [2.24, 2.45) is 5.41 Å². The zero-order valence-electron chi connectivity index (χ0n) is 13.0. The van der Waals surface area contributed by atoms with Crippen LogP contribution >= 0.6 is 0 Å². The van der Waals surface area contributed by atoms with E-state index in [4.69, 9.17) is 0 Å². The number of fused-ring (bicyclic) bond motifs is 1. The fraction of sp³-hybridized carbons (Fsp3) is 0.667. The first-order valence-electron chi connectivity index (χ1n) is 7.69. The van der Waals surface area contributed by atoms with Gasteiger partial charge in [-0.3, -0.25) is 14.6 Å². The van der Waals surface area contributed by atoms with Crippen molar-refractivity contribution >= 4 is 5.91 Å². The minimum absolute atomic E-state index is 0.0219. The molecule has 1 unspecified atom stereocenters. The molecule has 1 atom stereocenters. The average molecular weight is 306 g/mol. The maximum atomic E-state index is 12.4. The highest BCUT2D eigenvalue weighted by Gasteiger charge is 2.31. The normalized spacial score (nSPS) is 23.4. The lowest BCUT2D eigenvalue weighted by Gasteiger charge is -2.35. The summed E-state index contributed by atoms with van der Waals surface area (Å²) in [7, 11) is 0. The fourth-order valence-corrected chi connectivity index (χ4v) is 3.17. The number of aromatic amines is 2. The average Bonchev–Trinajstić information content (AvgIpc) is 2.85. The van der Waals surface area contributed by atoms with Gasteiger partial charge in [0.2, 0.25) is 5.91 Å². The highest BCUT2D eigenvalue weighted by Crippen LogP contribution is 2.28. The summed E-state index contributed by atoms with van der Waals surface area (Å²) >= 11 is 0. The highest BCUT2D eigenvalue weighted by atomic mass is 16.2. The summed E-state index contributed by atoms with van der Waals surface area (Å²) in [6.45, 7) is 5.94. The third-order valence-electron chi connectivity index (χ3n) is 4.64. The summed E-state index contributed by atoms with van der Waals surface area (Å²) in [6, 6.07) is 0.196. The monoisotopic (exact) mass is 306 g/mol. The number of rotatable bonds is 2. The van der Waals surface area contributed by atoms with Crippen LogP contribution in [0.25, 0.3) is 0 Å². The van der Waals surface area contributed by atoms with E-state index >= 15 is 0 Å². The maximum absolute atomic E-state index is 12.4. The van der Waals surface area contributed by atoms with Gasteiger partial charge in [-0.2, -0.15) is 0 Å². The number of piperidine rings is 1. The van der Waals surface area contributed by atoms with Crippen molar-refractivity contribution in [1.29, 1.82) is 0 Å². The van der Waals surface area contributed by atoms with Crippen molar-refractivity contribution in [3.05, 3.63) is 32.1 Å². The number of nitrogens with zero attached hydrogens (tertiary/aromatic N) is 1. The minimum Gasteiger partial charge on any atom is -0.332 e. The van der Waals surface area contributed by atoms with Crippen LogP contribution in [0.4, 0.5) is 0 Å². The fourth-order valence-electron chi connectivity index (χ4n) is 3.17. The Hall–Kier alpha value is -1.89. The van der Waals surface area contributed by atoms with Gasteiger partial charge in [0, 0.05) is 24.7 Å². The molecule has 0 bridgehead atoms. The second-order valence-corrected chi connectivity index (χ2v) is 7.10. The summed E-state index contributed by atoms with van der Waals surface area (Å²) in [5.41, 5.74) is 0.419. The molecular weight excluding hydrogens is 284 g/mol. The molecule has 3 rings (SSSR count). The summed E-state index contributed by atoms with van der Waals surface area (Å²) in [4.78, 5) is 41.9. The summed E-state index contributed by atoms with van der Waals surface area (Å²) in [6.07, 6.45) is 2.52. The number of hydrogen-bond acceptors (Lipinski definition) is 4. The topological polar surface area (TPSA) is 98.1 Å². The van der Waals surface area contributed by atoms with E-state index in [1.54, 1.807) is 4.90 Å². The van der Waals surface area contributed by atoms with Gasteiger partial charge in [0.25, 0.3) is 5.56 Å². The van der Waals surface area contributed by atoms with Gasteiger partial charge in [0.05, 0.1) is 18.7 Å². The smallest absolute Gasteiger partial charge is 0.325 e. The lowest BCUT2D eigenvalue weighted by molar-refractivity contribution is -0.132. The molecule has 0 aliphatic carbocycles. The van der Waals surface area contributed by atoms with Crippen molar-refractivity contribution in [3.63, 3.8) is 0 Å². The standard InChI is InChI=1S/C15H22N4O3/c1-15(2)4-3-9(16-8-15)5-12(20)19-6-10-11(7-19)17-14(22)18-13(10)21/h9,16H,3-8H2,1-2H3,(H2,17,18,21,22). The van der Waals surface area contributed by atoms with Crippen LogP contribution in [0.2, 0.25) is 0 Å². The van der Waals surface area contributed by atoms with Gasteiger partial charge < -0.3 is 15.2 Å². The zero-order valence-corrected chi connectivity index (χ0v) is 13.0. The van der Waals surface area contributed by atoms with Gasteiger partial charge in [0.15, 0.2) is 0 Å². The quantitative estimate of drug-likeness (QED) is 0.720. The van der Waals surface area contributed by atoms with E-state index in [0.717, 1.165) is 19.4 Å². The molecule has 1 amide bonds. The maximum Gasteiger partial charge on any atom is 0.325 e. The molecule has 0 aromatic carbocycles. The van der Waals surface area contributed by atoms with Gasteiger partial charge >= 0.3 is 5.69 Å². The van der Waals surface area contributed by atoms with E-state index in [-0.39, 0.29) is 23.9 Å². The molecule has 3 N–H and O–H groups in total. The van der Waals surface area contributed by atoms with Crippen LogP contribution in [-0.4, -0.2) is 33.4 Å². The Bertz CT molecular complexity index is 693. The lowest BCUT2D eigenvalue weighted by Crippen LogP contribution is -2.45. The van der Waals surface area contributed by atoms with Gasteiger partial charge in [-0.05, 0) is 18.3 Å². The van der Waals surface area contributed by atoms with E-state index in [2.05, 4.69) is 29.1 Å². The first-order valence-corrected chi connectivity index (χ1v) is 7.69. The number of amides is 1. The number of nitrogens with one attached hydrogen (secondary N) is 3. The van der Waals surface area contributed by atoms with Gasteiger partial charge in [-0.15, -0.1) is 0 Å². The minimum atomic E-state index is -0.519. The van der Waals surface area contributed by atoms with Gasteiger partial charge in [0.1, 0.15) is 0 Å². The van der Waals surface area contributed by atoms with Crippen LogP contribution in [0, 0.1) is 5.41 Å². The molecule has 22 heavy (non-hydrogen) atoms. The molecule has 0 radical (unpaired) electrons. The van der Waals surface area contributed by atoms with Crippen LogP contribution < -0.4 is 16.6 Å². The molecule has 2 aliphatic rings. The Morgan fingerprint density at radius 2 is 2.05 bits per heavy atom. The van der Waals surface area contributed by atoms with Crippen LogP contribution in [0.3, 0.4) is 0 Å². The molecule has 0 saturated carbocycles. The van der Waals surface area contributed by atoms with E-state index in [1.807, 2.05) is 0 Å². The molecule has 1 saturated heterocycles. The Balaban J connectivity index is 1.62. The van der Waals surface area contributed by atoms with Crippen LogP contribution in [0.5, 0.6) is 0 Å². The van der Waals surface area contributed by atoms with E-state index in [9.17, 15) is 14.4 Å². The molecule has 7 heteroatoms. The number of H-pyrrole nitrogens is 2. The van der Waals surface area contributed by atoms with E-state index in [0.29, 0.717) is 24.2 Å². The van der Waals surface area contributed by atoms with Gasteiger partial charge in [-0.1, -0.05) is 13.8 Å². The molecule has 1 fully saturated rings. The zero-order chi connectivity index (χ0) is 15.9. The first kappa shape index (κ1) is 15.0. The summed E-state index contributed by atoms with van der Waals surface area (Å²) in [5.74, 6) is 0.0219. The predicted octanol–water partition coefficient (Wildman–Crippen LogP) is 0.0737. The highest BCUT2D eigenvalue weighted by molar-refractivity contribution is 5.77. The van der Waals surface area contributed by atoms with Crippen LogP contribution in [0.1, 0.15) is 44.4 Å². The number of carbonyl (C=O) groups excluding carboxylic acids is 1. The second-order valence-electron chi connectivity index (χ2n) is 7.10. The van der Waals surface area contributed by atoms with E-state index in [1.165, 1.54) is 0 Å². The summed E-state index contributed by atoms with van der Waals surface area (Å²) in [5, 5.41) is 3.43. The Morgan fingerprint density at radius 3 is 2.73 bits per heavy atom. The van der Waals surface area contributed by atoms with Crippen LogP contribution in [0.15, 0.2) is 9.59 Å². The van der Waals surface area contributed by atoms with Crippen LogP contribution in [-0.2, 0) is 17.9 Å². The van der Waals surface area contributed by atoms with Crippen molar-refractivity contribution in [3.8, 4) is 0 Å². The van der Waals surface area contributed by atoms with Crippen molar-refractivity contribution in [1.82, 2.24) is 20.2 Å². The third kappa shape index (κ3) is 2.99. The predicted molar refractivity (Wildman–Crippen MR) is 81.4 cm³/mol. The van der Waals surface area contributed by atoms with Crippen molar-refractivity contribution in [2.75, 3.05) is 6.54 Å². The number of carbonyl (C=O) groups is 1. The largest absolute Gasteiger partial charge is 0.332 e. The third-order valence-corrected chi connectivity index (χ3v) is 4.64. The Kier molecular flexibility index (Phi) is 3.68. The molecule has 1 aromatic heterocycles. The number of hydrogen-bond donors (Lipinski definition) is 3. The molecule has 2 aliphatic heterocycles. The molecule has 7 nitrogen and oxygen atoms in total. The molecule has 1 aromatic rings. The van der Waals surface area contributed by atoms with E-state index < -0.39 is 11.2 Å². The SMILES string of the molecule is CC1(C)CCC(CC(=O)N2Cc3[nH]c(=O)[nH]c(=O)c3C2)NC1. The molecule has 3 heterocycles. The van der Waals surface area contributed by atoms with Gasteiger partial charge in [-0.25, -0.2) is 4.79 Å². The Morgan fingerprint density at radius 1 is 1.27 bits per heavy atom. The number of aromatic nitrogens is 2. The van der Waals surface area contributed by atoms with Crippen molar-refractivity contribution < 1.29 is 4.79 Å². The first-order chi connectivity index (χ1) is 10.3.